The average molecular weight is 176 g/mol. The van der Waals surface area contributed by atoms with Gasteiger partial charge in [-0.15, -0.1) is 0 Å². The van der Waals surface area contributed by atoms with Crippen molar-refractivity contribution in [1.29, 1.82) is 0 Å². The summed E-state index contributed by atoms with van der Waals surface area (Å²) in [6.45, 7) is 0.322. The van der Waals surface area contributed by atoms with Crippen molar-refractivity contribution >= 4 is 0 Å². The van der Waals surface area contributed by atoms with Gasteiger partial charge in [0.15, 0.2) is 6.29 Å². The summed E-state index contributed by atoms with van der Waals surface area (Å²) in [5, 5.41) is 19.0. The molecule has 2 saturated heterocycles. The predicted molar refractivity (Wildman–Crippen MR) is 37.4 cm³/mol. The van der Waals surface area contributed by atoms with Crippen LogP contribution in [0.3, 0.4) is 0 Å². The van der Waals surface area contributed by atoms with E-state index >= 15 is 0 Å². The van der Waals surface area contributed by atoms with Crippen LogP contribution in [-0.2, 0) is 14.2 Å². The molecule has 2 fully saturated rings. The summed E-state index contributed by atoms with van der Waals surface area (Å²) in [6.07, 6.45) is -3.30. The van der Waals surface area contributed by atoms with Gasteiger partial charge in [-0.3, -0.25) is 0 Å². The second kappa shape index (κ2) is 2.93. The fourth-order valence-electron chi connectivity index (χ4n) is 1.65. The Hall–Kier alpha value is -0.200. The van der Waals surface area contributed by atoms with Gasteiger partial charge in [-0.05, 0) is 0 Å². The monoisotopic (exact) mass is 176 g/mol. The number of hydrogen-bond acceptors (Lipinski definition) is 5. The molecule has 0 aliphatic carbocycles. The van der Waals surface area contributed by atoms with Crippen LogP contribution in [0.4, 0.5) is 0 Å². The molecule has 2 heterocycles. The minimum atomic E-state index is -0.899. The summed E-state index contributed by atoms with van der Waals surface area (Å²) < 4.78 is 15.2. The highest BCUT2D eigenvalue weighted by Crippen LogP contribution is 2.29. The summed E-state index contributed by atoms with van der Waals surface area (Å²) in [5.41, 5.74) is 0. The zero-order valence-electron chi connectivity index (χ0n) is 6.71. The Morgan fingerprint density at radius 1 is 1.33 bits per heavy atom. The van der Waals surface area contributed by atoms with Gasteiger partial charge in [-0.1, -0.05) is 0 Å². The number of rotatable bonds is 1. The SMILES string of the molecule is CO[C@@H]1[C@@H](O)[C@@H]2OC[C@@H](O2)[C@H]1O. The maximum absolute atomic E-state index is 9.54. The van der Waals surface area contributed by atoms with E-state index in [0.717, 1.165) is 0 Å². The van der Waals surface area contributed by atoms with E-state index in [0.29, 0.717) is 6.61 Å². The normalized spacial score (nSPS) is 52.8. The van der Waals surface area contributed by atoms with E-state index < -0.39 is 24.6 Å². The first-order chi connectivity index (χ1) is 5.74. The van der Waals surface area contributed by atoms with Gasteiger partial charge in [0, 0.05) is 7.11 Å². The third kappa shape index (κ3) is 1.06. The van der Waals surface area contributed by atoms with E-state index in [4.69, 9.17) is 14.2 Å². The highest BCUT2D eigenvalue weighted by molar-refractivity contribution is 4.93. The van der Waals surface area contributed by atoms with E-state index in [9.17, 15) is 10.2 Å². The molecule has 5 heteroatoms. The zero-order chi connectivity index (χ0) is 8.72. The molecule has 2 rings (SSSR count). The van der Waals surface area contributed by atoms with Gasteiger partial charge in [-0.2, -0.15) is 0 Å². The smallest absolute Gasteiger partial charge is 0.186 e. The second-order valence-electron chi connectivity index (χ2n) is 3.06. The van der Waals surface area contributed by atoms with Crippen LogP contribution in [0.2, 0.25) is 0 Å². The van der Waals surface area contributed by atoms with E-state index in [1.54, 1.807) is 0 Å². The van der Waals surface area contributed by atoms with E-state index in [1.807, 2.05) is 0 Å². The lowest BCUT2D eigenvalue weighted by Crippen LogP contribution is -2.54. The Morgan fingerprint density at radius 2 is 2.08 bits per heavy atom. The molecule has 5 nitrogen and oxygen atoms in total. The van der Waals surface area contributed by atoms with Gasteiger partial charge >= 0.3 is 0 Å². The average Bonchev–Trinajstić information content (AvgIpc) is 2.48. The van der Waals surface area contributed by atoms with Gasteiger partial charge in [0.1, 0.15) is 24.4 Å². The molecule has 70 valence electrons. The van der Waals surface area contributed by atoms with Crippen molar-refractivity contribution in [1.82, 2.24) is 0 Å². The molecular formula is C7H12O5. The highest BCUT2D eigenvalue weighted by Gasteiger charge is 2.49. The van der Waals surface area contributed by atoms with Crippen LogP contribution in [0.5, 0.6) is 0 Å². The lowest BCUT2D eigenvalue weighted by Gasteiger charge is -2.34. The first kappa shape index (κ1) is 8.40. The maximum atomic E-state index is 9.54. The molecule has 0 unspecified atom stereocenters. The van der Waals surface area contributed by atoms with Gasteiger partial charge in [-0.25, -0.2) is 0 Å². The number of fused-ring (bicyclic) bond motifs is 2. The Morgan fingerprint density at radius 3 is 2.75 bits per heavy atom. The van der Waals surface area contributed by atoms with Crippen molar-refractivity contribution in [2.24, 2.45) is 0 Å². The Balaban J connectivity index is 2.14. The first-order valence-corrected chi connectivity index (χ1v) is 3.90. The second-order valence-corrected chi connectivity index (χ2v) is 3.06. The maximum Gasteiger partial charge on any atom is 0.186 e. The number of aliphatic hydroxyl groups excluding tert-OH is 2. The molecule has 0 spiro atoms. The summed E-state index contributed by atoms with van der Waals surface area (Å²) in [5.74, 6) is 0. The van der Waals surface area contributed by atoms with Crippen LogP contribution in [0.15, 0.2) is 0 Å². The number of ether oxygens (including phenoxy) is 3. The lowest BCUT2D eigenvalue weighted by molar-refractivity contribution is -0.234. The van der Waals surface area contributed by atoms with Gasteiger partial charge in [0.2, 0.25) is 0 Å². The van der Waals surface area contributed by atoms with Gasteiger partial charge < -0.3 is 24.4 Å². The molecule has 0 amide bonds. The van der Waals surface area contributed by atoms with Gasteiger partial charge in [0.05, 0.1) is 6.61 Å². The van der Waals surface area contributed by atoms with Crippen LogP contribution in [-0.4, -0.2) is 54.6 Å². The topological polar surface area (TPSA) is 68.2 Å². The molecule has 2 aliphatic heterocycles. The largest absolute Gasteiger partial charge is 0.387 e. The number of aliphatic hydroxyl groups is 2. The van der Waals surface area contributed by atoms with Crippen LogP contribution in [0.25, 0.3) is 0 Å². The van der Waals surface area contributed by atoms with E-state index in [1.165, 1.54) is 7.11 Å². The van der Waals surface area contributed by atoms with E-state index in [-0.39, 0.29) is 6.10 Å². The number of hydrogen-bond donors (Lipinski definition) is 2. The van der Waals surface area contributed by atoms with Crippen molar-refractivity contribution in [2.45, 2.75) is 30.7 Å². The standard InChI is InChI=1S/C7H12O5/c1-10-6-4(8)3-2-11-7(12-3)5(6)9/h3-9H,2H2,1H3/t3-,4-,5-,6+,7-/m1/s1. The lowest BCUT2D eigenvalue weighted by atomic mass is 10.0. The fourth-order valence-corrected chi connectivity index (χ4v) is 1.65. The molecule has 0 aromatic carbocycles. The quantitative estimate of drug-likeness (QED) is 0.507. The molecule has 2 N–H and O–H groups in total. The molecule has 2 aliphatic rings. The molecule has 12 heavy (non-hydrogen) atoms. The molecule has 0 saturated carbocycles. The van der Waals surface area contributed by atoms with Crippen LogP contribution >= 0.6 is 0 Å². The highest BCUT2D eigenvalue weighted by atomic mass is 16.7. The number of methoxy groups -OCH3 is 1. The fraction of sp³-hybridized carbons (Fsp3) is 1.00. The Kier molecular flexibility index (Phi) is 2.05. The molecule has 5 atom stereocenters. The third-order valence-corrected chi connectivity index (χ3v) is 2.34. The van der Waals surface area contributed by atoms with Crippen molar-refractivity contribution in [3.05, 3.63) is 0 Å². The summed E-state index contributed by atoms with van der Waals surface area (Å²) in [4.78, 5) is 0. The molecule has 0 radical (unpaired) electrons. The predicted octanol–water partition coefficient (Wildman–Crippen LogP) is -1.52. The summed E-state index contributed by atoms with van der Waals surface area (Å²) in [6, 6.07) is 0. The zero-order valence-corrected chi connectivity index (χ0v) is 6.71. The summed E-state index contributed by atoms with van der Waals surface area (Å²) in [7, 11) is 1.45. The van der Waals surface area contributed by atoms with E-state index in [2.05, 4.69) is 0 Å². The molecule has 0 aromatic heterocycles. The first-order valence-electron chi connectivity index (χ1n) is 3.90. The van der Waals surface area contributed by atoms with Crippen molar-refractivity contribution in [2.75, 3.05) is 13.7 Å². The van der Waals surface area contributed by atoms with Crippen molar-refractivity contribution in [3.63, 3.8) is 0 Å². The van der Waals surface area contributed by atoms with Crippen molar-refractivity contribution in [3.8, 4) is 0 Å². The molecule has 2 bridgehead atoms. The van der Waals surface area contributed by atoms with Crippen LogP contribution < -0.4 is 0 Å². The summed E-state index contributed by atoms with van der Waals surface area (Å²) >= 11 is 0. The Labute approximate surface area is 69.8 Å². The minimum absolute atomic E-state index is 0.322. The molecule has 0 aromatic rings. The van der Waals surface area contributed by atoms with Gasteiger partial charge in [0.25, 0.3) is 0 Å². The van der Waals surface area contributed by atoms with Crippen LogP contribution in [0, 0.1) is 0 Å². The molecular weight excluding hydrogens is 164 g/mol. The Bertz CT molecular complexity index is 157. The van der Waals surface area contributed by atoms with Crippen LogP contribution in [0.1, 0.15) is 0 Å². The minimum Gasteiger partial charge on any atom is -0.387 e. The van der Waals surface area contributed by atoms with Crippen molar-refractivity contribution < 1.29 is 24.4 Å². The third-order valence-electron chi connectivity index (χ3n) is 2.34.